The number of aryl methyl sites for hydroxylation is 1. The van der Waals surface area contributed by atoms with Gasteiger partial charge in [0.05, 0.1) is 39.3 Å². The molecule has 2 heterocycles. The minimum absolute atomic E-state index is 0.241. The highest BCUT2D eigenvalue weighted by molar-refractivity contribution is 5.99. The zero-order valence-electron chi connectivity index (χ0n) is 20.5. The lowest BCUT2D eigenvalue weighted by Gasteiger charge is -2.13. The van der Waals surface area contributed by atoms with Gasteiger partial charge >= 0.3 is 0 Å². The molecule has 0 bridgehead atoms. The summed E-state index contributed by atoms with van der Waals surface area (Å²) in [6, 6.07) is 15.2. The number of rotatable bonds is 8. The van der Waals surface area contributed by atoms with E-state index in [2.05, 4.69) is 15.4 Å². The van der Waals surface area contributed by atoms with Gasteiger partial charge in [-0.3, -0.25) is 9.78 Å². The smallest absolute Gasteiger partial charge is 0.272 e. The van der Waals surface area contributed by atoms with Gasteiger partial charge in [0.15, 0.2) is 17.2 Å². The number of nitrogens with zero attached hydrogens (tertiary/aromatic N) is 3. The monoisotopic (exact) mass is 472 g/mol. The average molecular weight is 473 g/mol. The Morgan fingerprint density at radius 1 is 0.971 bits per heavy atom. The van der Waals surface area contributed by atoms with Crippen LogP contribution in [-0.4, -0.2) is 42.0 Å². The molecule has 0 fully saturated rings. The second-order valence-corrected chi connectivity index (χ2v) is 7.97. The van der Waals surface area contributed by atoms with E-state index in [-0.39, 0.29) is 18.1 Å². The number of carbonyl (C=O) groups is 1. The molecule has 4 aromatic rings. The van der Waals surface area contributed by atoms with Crippen LogP contribution in [0.4, 0.5) is 0 Å². The van der Waals surface area contributed by atoms with E-state index >= 15 is 0 Å². The van der Waals surface area contributed by atoms with Gasteiger partial charge in [-0.2, -0.15) is 5.10 Å². The van der Waals surface area contributed by atoms with Crippen LogP contribution in [0.15, 0.2) is 60.9 Å². The number of para-hydroxylation sites is 1. The zero-order valence-corrected chi connectivity index (χ0v) is 20.5. The van der Waals surface area contributed by atoms with Crippen molar-refractivity contribution < 1.29 is 19.0 Å². The van der Waals surface area contributed by atoms with Gasteiger partial charge in [-0.15, -0.1) is 0 Å². The molecule has 180 valence electrons. The fourth-order valence-electron chi connectivity index (χ4n) is 3.97. The van der Waals surface area contributed by atoms with E-state index in [0.29, 0.717) is 17.1 Å². The van der Waals surface area contributed by atoms with Crippen LogP contribution in [0.5, 0.6) is 17.2 Å². The molecule has 0 aliphatic carbocycles. The molecule has 4 rings (SSSR count). The SMILES string of the molecule is COc1ccc(-c2cn(-c3ccccc3)nc2C(=O)NCc2ncc(C)c(OC)c2C)cc1OC. The van der Waals surface area contributed by atoms with Crippen molar-refractivity contribution in [1.29, 1.82) is 0 Å². The minimum Gasteiger partial charge on any atom is -0.496 e. The van der Waals surface area contributed by atoms with Crippen molar-refractivity contribution in [3.8, 4) is 34.1 Å². The Morgan fingerprint density at radius 3 is 2.40 bits per heavy atom. The molecule has 1 amide bonds. The summed E-state index contributed by atoms with van der Waals surface area (Å²) in [5, 5.41) is 7.59. The van der Waals surface area contributed by atoms with Crippen LogP contribution >= 0.6 is 0 Å². The Morgan fingerprint density at radius 2 is 1.71 bits per heavy atom. The lowest BCUT2D eigenvalue weighted by Crippen LogP contribution is -2.25. The number of hydrogen-bond donors (Lipinski definition) is 1. The van der Waals surface area contributed by atoms with Gasteiger partial charge in [0.1, 0.15) is 5.75 Å². The number of benzene rings is 2. The third-order valence-corrected chi connectivity index (χ3v) is 5.81. The highest BCUT2D eigenvalue weighted by atomic mass is 16.5. The normalized spacial score (nSPS) is 10.7. The molecule has 8 heteroatoms. The van der Waals surface area contributed by atoms with Gasteiger partial charge in [-0.1, -0.05) is 24.3 Å². The fourth-order valence-corrected chi connectivity index (χ4v) is 3.97. The van der Waals surface area contributed by atoms with Crippen LogP contribution in [0.25, 0.3) is 16.8 Å². The van der Waals surface area contributed by atoms with Crippen LogP contribution < -0.4 is 19.5 Å². The molecule has 0 radical (unpaired) electrons. The first kappa shape index (κ1) is 23.8. The van der Waals surface area contributed by atoms with Gasteiger partial charge in [0, 0.05) is 29.1 Å². The highest BCUT2D eigenvalue weighted by Gasteiger charge is 2.21. The summed E-state index contributed by atoms with van der Waals surface area (Å²) >= 11 is 0. The maximum Gasteiger partial charge on any atom is 0.272 e. The van der Waals surface area contributed by atoms with Crippen LogP contribution in [0.1, 0.15) is 27.3 Å². The second-order valence-electron chi connectivity index (χ2n) is 7.97. The number of methoxy groups -OCH3 is 3. The summed E-state index contributed by atoms with van der Waals surface area (Å²) in [5.74, 6) is 1.62. The molecule has 1 N–H and O–H groups in total. The Hall–Kier alpha value is -4.33. The van der Waals surface area contributed by atoms with Crippen LogP contribution in [0.3, 0.4) is 0 Å². The largest absolute Gasteiger partial charge is 0.496 e. The van der Waals surface area contributed by atoms with E-state index in [4.69, 9.17) is 14.2 Å². The molecule has 0 spiro atoms. The fraction of sp³-hybridized carbons (Fsp3) is 0.222. The Balaban J connectivity index is 1.71. The van der Waals surface area contributed by atoms with Crippen molar-refractivity contribution in [2.75, 3.05) is 21.3 Å². The number of aromatic nitrogens is 3. The van der Waals surface area contributed by atoms with Crippen molar-refractivity contribution in [2.45, 2.75) is 20.4 Å². The highest BCUT2D eigenvalue weighted by Crippen LogP contribution is 2.34. The lowest BCUT2D eigenvalue weighted by atomic mass is 10.1. The van der Waals surface area contributed by atoms with Crippen molar-refractivity contribution in [3.63, 3.8) is 0 Å². The summed E-state index contributed by atoms with van der Waals surface area (Å²) in [7, 11) is 4.79. The summed E-state index contributed by atoms with van der Waals surface area (Å²) in [4.78, 5) is 17.8. The van der Waals surface area contributed by atoms with E-state index in [1.54, 1.807) is 32.2 Å². The maximum absolute atomic E-state index is 13.4. The predicted octanol–water partition coefficient (Wildman–Crippen LogP) is 4.51. The summed E-state index contributed by atoms with van der Waals surface area (Å²) < 4.78 is 18.0. The van der Waals surface area contributed by atoms with E-state index in [1.807, 2.05) is 68.6 Å². The van der Waals surface area contributed by atoms with E-state index < -0.39 is 0 Å². The standard InChI is InChI=1S/C27H28N4O4/c1-17-14-28-22(18(2)26(17)35-5)15-29-27(32)25-21(16-31(30-25)20-9-7-6-8-10-20)19-11-12-23(33-3)24(13-19)34-4/h6-14,16H,15H2,1-5H3,(H,29,32). The van der Waals surface area contributed by atoms with E-state index in [0.717, 1.165) is 33.8 Å². The number of pyridine rings is 1. The van der Waals surface area contributed by atoms with Crippen LogP contribution in [-0.2, 0) is 6.54 Å². The number of ether oxygens (including phenoxy) is 3. The molecule has 0 atom stereocenters. The van der Waals surface area contributed by atoms with Gasteiger partial charge in [0.2, 0.25) is 0 Å². The van der Waals surface area contributed by atoms with Gasteiger partial charge < -0.3 is 19.5 Å². The maximum atomic E-state index is 13.4. The van der Waals surface area contributed by atoms with Crippen LogP contribution in [0.2, 0.25) is 0 Å². The van der Waals surface area contributed by atoms with E-state index in [1.165, 1.54) is 0 Å². The number of hydrogen-bond acceptors (Lipinski definition) is 6. The first-order valence-electron chi connectivity index (χ1n) is 11.1. The number of nitrogens with one attached hydrogen (secondary N) is 1. The third-order valence-electron chi connectivity index (χ3n) is 5.81. The summed E-state index contributed by atoms with van der Waals surface area (Å²) in [5.41, 5.74) is 5.14. The Bertz CT molecular complexity index is 1350. The molecular weight excluding hydrogens is 444 g/mol. The lowest BCUT2D eigenvalue weighted by molar-refractivity contribution is 0.0945. The first-order chi connectivity index (χ1) is 17.0. The van der Waals surface area contributed by atoms with Crippen LogP contribution in [0, 0.1) is 13.8 Å². The predicted molar refractivity (Wildman–Crippen MR) is 134 cm³/mol. The topological polar surface area (TPSA) is 87.5 Å². The number of amides is 1. The molecule has 35 heavy (non-hydrogen) atoms. The first-order valence-corrected chi connectivity index (χ1v) is 11.1. The van der Waals surface area contributed by atoms with Crippen molar-refractivity contribution >= 4 is 5.91 Å². The van der Waals surface area contributed by atoms with Gasteiger partial charge in [0.25, 0.3) is 5.91 Å². The second kappa shape index (κ2) is 10.3. The molecule has 2 aromatic heterocycles. The van der Waals surface area contributed by atoms with Crippen molar-refractivity contribution in [2.24, 2.45) is 0 Å². The van der Waals surface area contributed by atoms with Crippen molar-refractivity contribution in [3.05, 3.63) is 83.4 Å². The summed E-state index contributed by atoms with van der Waals surface area (Å²) in [6.07, 6.45) is 3.58. The molecule has 2 aromatic carbocycles. The molecule has 0 aliphatic rings. The quantitative estimate of drug-likeness (QED) is 0.406. The van der Waals surface area contributed by atoms with Gasteiger partial charge in [-0.25, -0.2) is 4.68 Å². The molecule has 0 unspecified atom stereocenters. The van der Waals surface area contributed by atoms with Gasteiger partial charge in [-0.05, 0) is 43.7 Å². The Labute approximate surface area is 204 Å². The molecule has 0 saturated heterocycles. The number of carbonyl (C=O) groups excluding carboxylic acids is 1. The average Bonchev–Trinajstić information content (AvgIpc) is 3.34. The third kappa shape index (κ3) is 4.82. The molecule has 0 aliphatic heterocycles. The van der Waals surface area contributed by atoms with E-state index in [9.17, 15) is 4.79 Å². The summed E-state index contributed by atoms with van der Waals surface area (Å²) in [6.45, 7) is 4.11. The molecule has 0 saturated carbocycles. The minimum atomic E-state index is -0.315. The van der Waals surface area contributed by atoms with Crippen molar-refractivity contribution in [1.82, 2.24) is 20.1 Å². The Kier molecular flexibility index (Phi) is 7.01. The molecular formula is C27H28N4O4. The zero-order chi connectivity index (χ0) is 24.9. The molecule has 8 nitrogen and oxygen atoms in total.